The molecule has 26 heavy (non-hydrogen) atoms. The van der Waals surface area contributed by atoms with E-state index in [-0.39, 0.29) is 16.7 Å². The Morgan fingerprint density at radius 3 is 2.38 bits per heavy atom. The van der Waals surface area contributed by atoms with Gasteiger partial charge in [0.05, 0.1) is 16.7 Å². The van der Waals surface area contributed by atoms with E-state index in [4.69, 9.17) is 16.4 Å². The Hall–Kier alpha value is -2.31. The lowest BCUT2D eigenvalue weighted by Gasteiger charge is -2.14. The predicted octanol–water partition coefficient (Wildman–Crippen LogP) is 4.60. The van der Waals surface area contributed by atoms with E-state index < -0.39 is 17.8 Å². The third-order valence-corrected chi connectivity index (χ3v) is 5.24. The second kappa shape index (κ2) is 7.93. The van der Waals surface area contributed by atoms with Crippen LogP contribution in [-0.4, -0.2) is 28.6 Å². The molecule has 2 aromatic rings. The van der Waals surface area contributed by atoms with E-state index in [2.05, 4.69) is 6.92 Å². The fourth-order valence-corrected chi connectivity index (χ4v) is 3.78. The van der Waals surface area contributed by atoms with Crippen molar-refractivity contribution in [2.75, 3.05) is 5.75 Å². The minimum atomic E-state index is -0.791. The molecule has 0 bridgehead atoms. The van der Waals surface area contributed by atoms with Gasteiger partial charge in [-0.2, -0.15) is 0 Å². The van der Waals surface area contributed by atoms with Crippen molar-refractivity contribution in [3.63, 3.8) is 0 Å². The Kier molecular flexibility index (Phi) is 5.64. The summed E-state index contributed by atoms with van der Waals surface area (Å²) in [6.07, 6.45) is 2.04. The first-order chi connectivity index (χ1) is 12.5. The maximum atomic E-state index is 12.6. The molecule has 0 N–H and O–H groups in total. The molecule has 0 fully saturated rings. The number of amides is 2. The zero-order chi connectivity index (χ0) is 18.7. The molecule has 0 saturated carbocycles. The number of thioether (sulfide) groups is 1. The maximum absolute atomic E-state index is 12.6. The highest BCUT2D eigenvalue weighted by molar-refractivity contribution is 7.99. The highest BCUT2D eigenvalue weighted by Crippen LogP contribution is 2.29. The van der Waals surface area contributed by atoms with Crippen molar-refractivity contribution < 1.29 is 19.2 Å². The molecule has 1 aliphatic heterocycles. The Labute approximate surface area is 160 Å². The lowest BCUT2D eigenvalue weighted by atomic mass is 10.1. The summed E-state index contributed by atoms with van der Waals surface area (Å²) < 4.78 is 0. The standard InChI is InChI=1S/C19H16ClNO4S/c1-2-3-10-26-16-9-8-12(20)11-15(16)19(24)25-21-17(22)13-6-4-5-7-14(13)18(21)23/h4-9,11H,2-3,10H2,1H3. The quantitative estimate of drug-likeness (QED) is 0.410. The summed E-state index contributed by atoms with van der Waals surface area (Å²) in [6, 6.07) is 11.2. The van der Waals surface area contributed by atoms with Crippen LogP contribution in [0.2, 0.25) is 5.02 Å². The van der Waals surface area contributed by atoms with Crippen LogP contribution in [0.4, 0.5) is 0 Å². The first kappa shape index (κ1) is 18.5. The van der Waals surface area contributed by atoms with Crippen LogP contribution in [0.15, 0.2) is 47.4 Å². The molecule has 1 heterocycles. The number of carbonyl (C=O) groups excluding carboxylic acids is 3. The number of halogens is 1. The molecular formula is C19H16ClNO4S. The lowest BCUT2D eigenvalue weighted by molar-refractivity contribution is -0.0586. The van der Waals surface area contributed by atoms with E-state index >= 15 is 0 Å². The van der Waals surface area contributed by atoms with Crippen LogP contribution in [0.3, 0.4) is 0 Å². The summed E-state index contributed by atoms with van der Waals surface area (Å²) in [4.78, 5) is 43.1. The molecule has 5 nitrogen and oxygen atoms in total. The fraction of sp³-hybridized carbons (Fsp3) is 0.211. The van der Waals surface area contributed by atoms with E-state index in [1.807, 2.05) is 0 Å². The average molecular weight is 390 g/mol. The van der Waals surface area contributed by atoms with E-state index in [1.54, 1.807) is 24.3 Å². The van der Waals surface area contributed by atoms with Gasteiger partial charge in [0.15, 0.2) is 0 Å². The molecular weight excluding hydrogens is 374 g/mol. The first-order valence-corrected chi connectivity index (χ1v) is 9.51. The van der Waals surface area contributed by atoms with Crippen molar-refractivity contribution in [3.05, 3.63) is 64.2 Å². The summed E-state index contributed by atoms with van der Waals surface area (Å²) in [5.41, 5.74) is 0.665. The van der Waals surface area contributed by atoms with Crippen molar-refractivity contribution in [2.24, 2.45) is 0 Å². The highest BCUT2D eigenvalue weighted by atomic mass is 35.5. The first-order valence-electron chi connectivity index (χ1n) is 8.15. The van der Waals surface area contributed by atoms with Crippen LogP contribution in [-0.2, 0) is 4.84 Å². The summed E-state index contributed by atoms with van der Waals surface area (Å²) in [6.45, 7) is 2.08. The van der Waals surface area contributed by atoms with Crippen molar-refractivity contribution in [2.45, 2.75) is 24.7 Å². The number of rotatable bonds is 6. The van der Waals surface area contributed by atoms with Gasteiger partial charge < -0.3 is 4.84 Å². The smallest absolute Gasteiger partial charge is 0.324 e. The van der Waals surface area contributed by atoms with E-state index in [9.17, 15) is 14.4 Å². The number of nitrogens with zero attached hydrogens (tertiary/aromatic N) is 1. The number of hydrogen-bond acceptors (Lipinski definition) is 5. The number of fused-ring (bicyclic) bond motifs is 1. The van der Waals surface area contributed by atoms with Crippen molar-refractivity contribution in [3.8, 4) is 0 Å². The van der Waals surface area contributed by atoms with E-state index in [1.165, 1.54) is 30.0 Å². The molecule has 0 aromatic heterocycles. The highest BCUT2D eigenvalue weighted by Gasteiger charge is 2.39. The zero-order valence-corrected chi connectivity index (χ0v) is 15.6. The molecule has 0 aliphatic carbocycles. The Bertz CT molecular complexity index is 849. The van der Waals surface area contributed by atoms with Crippen LogP contribution < -0.4 is 0 Å². The van der Waals surface area contributed by atoms with Gasteiger partial charge in [0, 0.05) is 9.92 Å². The van der Waals surface area contributed by atoms with Gasteiger partial charge in [-0.25, -0.2) is 4.79 Å². The van der Waals surface area contributed by atoms with Gasteiger partial charge >= 0.3 is 5.97 Å². The SMILES string of the molecule is CCCCSc1ccc(Cl)cc1C(=O)ON1C(=O)c2ccccc2C1=O. The lowest BCUT2D eigenvalue weighted by Crippen LogP contribution is -2.32. The molecule has 7 heteroatoms. The minimum Gasteiger partial charge on any atom is -0.324 e. The third-order valence-electron chi connectivity index (χ3n) is 3.85. The topological polar surface area (TPSA) is 63.7 Å². The molecule has 2 aromatic carbocycles. The molecule has 0 unspecified atom stereocenters. The molecule has 2 amide bonds. The summed E-state index contributed by atoms with van der Waals surface area (Å²) in [5.74, 6) is -1.26. The molecule has 3 rings (SSSR count). The zero-order valence-electron chi connectivity index (χ0n) is 14.0. The molecule has 0 spiro atoms. The summed E-state index contributed by atoms with van der Waals surface area (Å²) in [5, 5.41) is 0.883. The maximum Gasteiger partial charge on any atom is 0.365 e. The summed E-state index contributed by atoms with van der Waals surface area (Å²) in [7, 11) is 0. The molecule has 0 saturated heterocycles. The van der Waals surface area contributed by atoms with Gasteiger partial charge in [0.25, 0.3) is 11.8 Å². The van der Waals surface area contributed by atoms with E-state index in [0.29, 0.717) is 15.0 Å². The number of carbonyl (C=O) groups is 3. The van der Waals surface area contributed by atoms with Gasteiger partial charge in [-0.3, -0.25) is 9.59 Å². The summed E-state index contributed by atoms with van der Waals surface area (Å²) >= 11 is 7.51. The van der Waals surface area contributed by atoms with Crippen LogP contribution >= 0.6 is 23.4 Å². The number of unbranched alkanes of at least 4 members (excludes halogenated alkanes) is 1. The molecule has 134 valence electrons. The van der Waals surface area contributed by atoms with Gasteiger partial charge in [0.1, 0.15) is 0 Å². The third kappa shape index (κ3) is 3.61. The normalized spacial score (nSPS) is 13.1. The number of imide groups is 1. The van der Waals surface area contributed by atoms with Crippen molar-refractivity contribution >= 4 is 41.1 Å². The number of benzene rings is 2. The van der Waals surface area contributed by atoms with Crippen LogP contribution in [0.25, 0.3) is 0 Å². The van der Waals surface area contributed by atoms with Crippen LogP contribution in [0.5, 0.6) is 0 Å². The molecule has 0 atom stereocenters. The van der Waals surface area contributed by atoms with Crippen molar-refractivity contribution in [1.29, 1.82) is 0 Å². The van der Waals surface area contributed by atoms with Gasteiger partial charge in [0.2, 0.25) is 0 Å². The second-order valence-corrected chi connectivity index (χ2v) is 7.24. The number of hydrogen-bond donors (Lipinski definition) is 0. The molecule has 0 radical (unpaired) electrons. The number of hydroxylamine groups is 2. The van der Waals surface area contributed by atoms with Gasteiger partial charge in [-0.15, -0.1) is 11.8 Å². The largest absolute Gasteiger partial charge is 0.365 e. The molecule has 1 aliphatic rings. The Morgan fingerprint density at radius 2 is 1.77 bits per heavy atom. The Morgan fingerprint density at radius 1 is 1.12 bits per heavy atom. The van der Waals surface area contributed by atoms with Gasteiger partial charge in [-0.1, -0.05) is 42.1 Å². The predicted molar refractivity (Wildman–Crippen MR) is 99.4 cm³/mol. The van der Waals surface area contributed by atoms with Gasteiger partial charge in [-0.05, 0) is 42.5 Å². The average Bonchev–Trinajstić information content (AvgIpc) is 2.88. The van der Waals surface area contributed by atoms with E-state index in [0.717, 1.165) is 18.6 Å². The van der Waals surface area contributed by atoms with Crippen molar-refractivity contribution in [1.82, 2.24) is 5.06 Å². The Balaban J connectivity index is 1.82. The fourth-order valence-electron chi connectivity index (χ4n) is 2.50. The second-order valence-electron chi connectivity index (χ2n) is 5.67. The van der Waals surface area contributed by atoms with Crippen LogP contribution in [0.1, 0.15) is 50.8 Å². The monoisotopic (exact) mass is 389 g/mol. The van der Waals surface area contributed by atoms with Crippen LogP contribution in [0, 0.1) is 0 Å². The minimum absolute atomic E-state index is 0.217.